The van der Waals surface area contributed by atoms with Crippen LogP contribution in [0.15, 0.2) is 0 Å². The van der Waals surface area contributed by atoms with E-state index in [0.29, 0.717) is 0 Å². The maximum absolute atomic E-state index is 11.0. The predicted octanol–water partition coefficient (Wildman–Crippen LogP) is -1.25. The van der Waals surface area contributed by atoms with Crippen LogP contribution >= 0.6 is 19.6 Å². The first kappa shape index (κ1) is 15.0. The number of rotatable bonds is 7. The number of phosphoric ester groups is 1. The maximum atomic E-state index is 11.0. The van der Waals surface area contributed by atoms with Crippen molar-refractivity contribution in [2.75, 3.05) is 18.6 Å². The number of Topliss-reactive ketones (excluding diaryl/α,β-unsaturated/α-hetero) is 1. The summed E-state index contributed by atoms with van der Waals surface area (Å²) in [5, 5.41) is 18.3. The van der Waals surface area contributed by atoms with Gasteiger partial charge in [0.1, 0.15) is 12.7 Å². The van der Waals surface area contributed by atoms with E-state index in [0.717, 1.165) is 0 Å². The summed E-state index contributed by atoms with van der Waals surface area (Å²) in [4.78, 5) is 27.6. The van der Waals surface area contributed by atoms with Gasteiger partial charge in [0, 0.05) is 5.75 Å². The van der Waals surface area contributed by atoms with Crippen molar-refractivity contribution >= 4 is 25.4 Å². The fourth-order valence-electron chi connectivity index (χ4n) is 0.710. The first-order valence-electron chi connectivity index (χ1n) is 3.86. The van der Waals surface area contributed by atoms with Gasteiger partial charge in [-0.05, 0) is 6.26 Å². The minimum atomic E-state index is -4.72. The summed E-state index contributed by atoms with van der Waals surface area (Å²) >= 11 is 1.22. The second-order valence-electron chi connectivity index (χ2n) is 2.70. The van der Waals surface area contributed by atoms with Crippen molar-refractivity contribution in [1.82, 2.24) is 0 Å². The molecule has 0 heterocycles. The lowest BCUT2D eigenvalue weighted by Crippen LogP contribution is -2.37. The molecular formula is C6H13O7PS. The van der Waals surface area contributed by atoms with Crippen molar-refractivity contribution in [3.8, 4) is 0 Å². The average molecular weight is 260 g/mol. The minimum absolute atomic E-state index is 0.142. The fraction of sp³-hybridized carbons (Fsp3) is 0.833. The van der Waals surface area contributed by atoms with Crippen LogP contribution in [0.3, 0.4) is 0 Å². The molecule has 0 aliphatic rings. The summed E-state index contributed by atoms with van der Waals surface area (Å²) in [6.07, 6.45) is -1.29. The van der Waals surface area contributed by atoms with Gasteiger partial charge < -0.3 is 20.0 Å². The highest BCUT2D eigenvalue weighted by Gasteiger charge is 2.26. The lowest BCUT2D eigenvalue weighted by Gasteiger charge is -2.15. The number of aliphatic hydroxyl groups is 2. The Morgan fingerprint density at radius 1 is 1.47 bits per heavy atom. The van der Waals surface area contributed by atoms with Gasteiger partial charge >= 0.3 is 7.82 Å². The van der Waals surface area contributed by atoms with Gasteiger partial charge in [-0.25, -0.2) is 4.57 Å². The second kappa shape index (κ2) is 6.59. The molecule has 0 aliphatic heterocycles. The number of carbonyl (C=O) groups is 1. The minimum Gasteiger partial charge on any atom is -0.389 e. The van der Waals surface area contributed by atoms with Crippen molar-refractivity contribution in [1.29, 1.82) is 0 Å². The molecule has 2 atom stereocenters. The van der Waals surface area contributed by atoms with Crippen LogP contribution in [0.1, 0.15) is 0 Å². The highest BCUT2D eigenvalue weighted by molar-refractivity contribution is 7.98. The Kier molecular flexibility index (Phi) is 6.62. The number of phosphoric acid groups is 1. The van der Waals surface area contributed by atoms with Crippen LogP contribution in [-0.2, 0) is 13.9 Å². The van der Waals surface area contributed by atoms with Crippen LogP contribution in [0.25, 0.3) is 0 Å². The van der Waals surface area contributed by atoms with E-state index in [1.54, 1.807) is 6.26 Å². The predicted molar refractivity (Wildman–Crippen MR) is 53.4 cm³/mol. The quantitative estimate of drug-likeness (QED) is 0.418. The maximum Gasteiger partial charge on any atom is 0.470 e. The first-order chi connectivity index (χ1) is 6.78. The summed E-state index contributed by atoms with van der Waals surface area (Å²) in [6.45, 7) is -0.934. The molecule has 0 unspecified atom stereocenters. The van der Waals surface area contributed by atoms with Gasteiger partial charge in [-0.1, -0.05) is 0 Å². The van der Waals surface area contributed by atoms with E-state index < -0.39 is 32.4 Å². The molecule has 7 nitrogen and oxygen atoms in total. The Hall–Kier alpha value is 0.0500. The molecular weight excluding hydrogens is 247 g/mol. The standard InChI is InChI=1S/C6H13O7PS/c1-15-3-5(8)6(9)4(7)2-13-14(10,11)12/h5-6,8-9H,2-3H2,1H3,(H2,10,11,12)/t5-,6-/m1/s1. The van der Waals surface area contributed by atoms with E-state index in [1.165, 1.54) is 11.8 Å². The second-order valence-corrected chi connectivity index (χ2v) is 4.85. The zero-order valence-electron chi connectivity index (χ0n) is 7.94. The number of hydrogen-bond acceptors (Lipinski definition) is 6. The molecule has 90 valence electrons. The van der Waals surface area contributed by atoms with E-state index in [1.807, 2.05) is 0 Å². The zero-order valence-corrected chi connectivity index (χ0v) is 9.65. The van der Waals surface area contributed by atoms with Crippen molar-refractivity contribution < 1.29 is 33.9 Å². The zero-order chi connectivity index (χ0) is 12.1. The summed E-state index contributed by atoms with van der Waals surface area (Å²) in [6, 6.07) is 0. The molecule has 0 saturated heterocycles. The smallest absolute Gasteiger partial charge is 0.389 e. The molecule has 0 rings (SSSR count). The number of carbonyl (C=O) groups excluding carboxylic acids is 1. The van der Waals surface area contributed by atoms with E-state index in [2.05, 4.69) is 4.52 Å². The van der Waals surface area contributed by atoms with Gasteiger partial charge in [-0.2, -0.15) is 11.8 Å². The highest BCUT2D eigenvalue weighted by atomic mass is 32.2. The monoisotopic (exact) mass is 260 g/mol. The van der Waals surface area contributed by atoms with Gasteiger partial charge in [0.25, 0.3) is 0 Å². The van der Waals surface area contributed by atoms with Crippen molar-refractivity contribution in [2.45, 2.75) is 12.2 Å². The fourth-order valence-corrected chi connectivity index (χ4v) is 1.53. The molecule has 4 N–H and O–H groups in total. The van der Waals surface area contributed by atoms with Crippen molar-refractivity contribution in [2.24, 2.45) is 0 Å². The molecule has 0 radical (unpaired) electrons. The Balaban J connectivity index is 4.05. The Bertz CT molecular complexity index is 252. The Morgan fingerprint density at radius 2 is 2.00 bits per heavy atom. The summed E-state index contributed by atoms with van der Waals surface area (Å²) in [7, 11) is -4.72. The average Bonchev–Trinajstić information content (AvgIpc) is 2.12. The van der Waals surface area contributed by atoms with Crippen LogP contribution in [0.4, 0.5) is 0 Å². The summed E-state index contributed by atoms with van der Waals surface area (Å²) in [5.41, 5.74) is 0. The molecule has 0 aromatic carbocycles. The normalized spacial score (nSPS) is 16.1. The summed E-state index contributed by atoms with van der Waals surface area (Å²) in [5.74, 6) is -0.831. The topological polar surface area (TPSA) is 124 Å². The van der Waals surface area contributed by atoms with Gasteiger partial charge in [-0.3, -0.25) is 9.32 Å². The molecule has 0 aromatic rings. The van der Waals surface area contributed by atoms with Gasteiger partial charge in [0.15, 0.2) is 5.78 Å². The molecule has 0 spiro atoms. The van der Waals surface area contributed by atoms with Gasteiger partial charge in [0.2, 0.25) is 0 Å². The molecule has 0 saturated carbocycles. The van der Waals surface area contributed by atoms with Crippen molar-refractivity contribution in [3.05, 3.63) is 0 Å². The third kappa shape index (κ3) is 7.02. The largest absolute Gasteiger partial charge is 0.470 e. The van der Waals surface area contributed by atoms with Crippen molar-refractivity contribution in [3.63, 3.8) is 0 Å². The molecule has 9 heteroatoms. The summed E-state index contributed by atoms with van der Waals surface area (Å²) < 4.78 is 14.1. The van der Waals surface area contributed by atoms with Gasteiger partial charge in [-0.15, -0.1) is 0 Å². The van der Waals surface area contributed by atoms with E-state index in [-0.39, 0.29) is 5.75 Å². The van der Waals surface area contributed by atoms with Crippen LogP contribution < -0.4 is 0 Å². The van der Waals surface area contributed by atoms with Crippen LogP contribution in [0, 0.1) is 0 Å². The Morgan fingerprint density at radius 3 is 2.40 bits per heavy atom. The SMILES string of the molecule is CSC[C@@H](O)[C@H](O)C(=O)COP(=O)(O)O. The van der Waals surface area contributed by atoms with E-state index in [9.17, 15) is 14.5 Å². The van der Waals surface area contributed by atoms with E-state index >= 15 is 0 Å². The van der Waals surface area contributed by atoms with Gasteiger partial charge in [0.05, 0.1) is 6.10 Å². The number of ketones is 1. The number of thioether (sulfide) groups is 1. The van der Waals surface area contributed by atoms with Crippen LogP contribution in [0.5, 0.6) is 0 Å². The Labute approximate surface area is 90.7 Å². The lowest BCUT2D eigenvalue weighted by molar-refractivity contribution is -0.134. The molecule has 15 heavy (non-hydrogen) atoms. The third-order valence-corrected chi connectivity index (χ3v) is 2.55. The van der Waals surface area contributed by atoms with E-state index in [4.69, 9.17) is 14.9 Å². The molecule has 0 fully saturated rings. The molecule has 0 aliphatic carbocycles. The molecule has 0 amide bonds. The number of hydrogen-bond donors (Lipinski definition) is 4. The highest BCUT2D eigenvalue weighted by Crippen LogP contribution is 2.35. The third-order valence-electron chi connectivity index (χ3n) is 1.41. The molecule has 0 bridgehead atoms. The number of aliphatic hydroxyl groups excluding tert-OH is 2. The molecule has 0 aromatic heterocycles. The van der Waals surface area contributed by atoms with Crippen LogP contribution in [-0.4, -0.2) is 56.6 Å². The lowest BCUT2D eigenvalue weighted by atomic mass is 10.1. The van der Waals surface area contributed by atoms with Crippen LogP contribution in [0.2, 0.25) is 0 Å². The first-order valence-corrected chi connectivity index (χ1v) is 6.78.